The Bertz CT molecular complexity index is 1440. The van der Waals surface area contributed by atoms with Crippen LogP contribution >= 0.6 is 23.5 Å². The molecule has 0 saturated carbocycles. The van der Waals surface area contributed by atoms with E-state index in [1.54, 1.807) is 0 Å². The number of rotatable bonds is 63. The van der Waals surface area contributed by atoms with E-state index in [2.05, 4.69) is 43.2 Å². The minimum absolute atomic E-state index is 0.0706. The summed E-state index contributed by atoms with van der Waals surface area (Å²) < 4.78 is 0. The molecule has 0 aromatic carbocycles. The molecule has 0 spiro atoms. The first-order chi connectivity index (χ1) is 40.4. The van der Waals surface area contributed by atoms with E-state index in [4.69, 9.17) is 0 Å². The van der Waals surface area contributed by atoms with Gasteiger partial charge in [-0.3, -0.25) is 29.0 Å². The second kappa shape index (κ2) is 58.4. The van der Waals surface area contributed by atoms with Gasteiger partial charge in [-0.25, -0.2) is 0 Å². The Balaban J connectivity index is 2.62. The lowest BCUT2D eigenvalue weighted by molar-refractivity contribution is -0.135. The molecule has 0 aromatic heterocycles. The Labute approximate surface area is 519 Å². The van der Waals surface area contributed by atoms with Crippen LogP contribution in [0.2, 0.25) is 0 Å². The van der Waals surface area contributed by atoms with E-state index in [1.165, 1.54) is 205 Å². The summed E-state index contributed by atoms with van der Waals surface area (Å²) in [6.07, 6.45) is 51.5. The van der Waals surface area contributed by atoms with Crippen LogP contribution in [-0.2, 0) is 19.2 Å². The fourth-order valence-corrected chi connectivity index (χ4v) is 13.3. The van der Waals surface area contributed by atoms with Crippen molar-refractivity contribution in [2.24, 2.45) is 0 Å². The molecule has 1 rings (SSSR count). The third-order valence-electron chi connectivity index (χ3n) is 17.0. The van der Waals surface area contributed by atoms with Gasteiger partial charge in [-0.2, -0.15) is 0 Å². The van der Waals surface area contributed by atoms with Crippen molar-refractivity contribution < 1.29 is 39.6 Å². The molecular formula is C69H134N4O8S2. The second-order valence-corrected chi connectivity index (χ2v) is 27.5. The van der Waals surface area contributed by atoms with Gasteiger partial charge < -0.3 is 31.1 Å². The Kier molecular flexibility index (Phi) is 56.1. The summed E-state index contributed by atoms with van der Waals surface area (Å²) in [4.78, 5) is 57.1. The van der Waals surface area contributed by atoms with Crippen molar-refractivity contribution in [1.82, 2.24) is 20.4 Å². The van der Waals surface area contributed by atoms with Gasteiger partial charge in [0.1, 0.15) is 12.1 Å². The summed E-state index contributed by atoms with van der Waals surface area (Å²) in [7, 11) is 0. The summed E-state index contributed by atoms with van der Waals surface area (Å²) in [6, 6.07) is -1.74. The molecule has 1 aliphatic heterocycles. The van der Waals surface area contributed by atoms with Crippen LogP contribution in [0, 0.1) is 0 Å². The maximum Gasteiger partial charge on any atom is 0.244 e. The summed E-state index contributed by atoms with van der Waals surface area (Å²) in [5, 5.41) is 49.8. The number of nitrogens with zero attached hydrogens (tertiary/aromatic N) is 2. The zero-order valence-electron chi connectivity index (χ0n) is 54.5. The van der Waals surface area contributed by atoms with Gasteiger partial charge in [-0.05, 0) is 38.6 Å². The first-order valence-electron chi connectivity index (χ1n) is 35.5. The molecule has 83 heavy (non-hydrogen) atoms. The van der Waals surface area contributed by atoms with Gasteiger partial charge in [0.05, 0.1) is 24.4 Å². The number of hydrogen-bond acceptors (Lipinski definition) is 12. The number of hydrogen-bond donors (Lipinski definition) is 6. The highest BCUT2D eigenvalue weighted by Crippen LogP contribution is 2.20. The van der Waals surface area contributed by atoms with Crippen molar-refractivity contribution >= 4 is 45.6 Å². The summed E-state index contributed by atoms with van der Waals surface area (Å²) in [5.74, 6) is -0.546. The molecule has 6 unspecified atom stereocenters. The number of thioether (sulfide) groups is 2. The summed E-state index contributed by atoms with van der Waals surface area (Å²) in [5.41, 5.74) is 0. The van der Waals surface area contributed by atoms with Crippen molar-refractivity contribution in [1.29, 1.82) is 0 Å². The maximum absolute atomic E-state index is 13.3. The van der Waals surface area contributed by atoms with Crippen LogP contribution < -0.4 is 10.6 Å². The first kappa shape index (κ1) is 79.8. The molecule has 14 heteroatoms. The lowest BCUT2D eigenvalue weighted by atomic mass is 10.0. The van der Waals surface area contributed by atoms with E-state index in [1.807, 2.05) is 4.90 Å². The Morgan fingerprint density at radius 1 is 0.349 bits per heavy atom. The van der Waals surface area contributed by atoms with Crippen LogP contribution in [0.5, 0.6) is 0 Å². The van der Waals surface area contributed by atoms with Crippen molar-refractivity contribution in [3.63, 3.8) is 0 Å². The predicted molar refractivity (Wildman–Crippen MR) is 355 cm³/mol. The number of aliphatic hydroxyl groups excluding tert-OH is 4. The number of carbonyl (C=O) groups is 4. The first-order valence-corrected chi connectivity index (χ1v) is 37.5. The smallest absolute Gasteiger partial charge is 0.244 e. The Morgan fingerprint density at radius 3 is 0.843 bits per heavy atom. The number of amides is 2. The minimum atomic E-state index is -0.873. The molecule has 0 aromatic rings. The van der Waals surface area contributed by atoms with E-state index >= 15 is 0 Å². The molecule has 490 valence electrons. The quantitative estimate of drug-likeness (QED) is 0.0318. The van der Waals surface area contributed by atoms with E-state index in [0.717, 1.165) is 87.7 Å². The molecule has 1 heterocycles. The molecular weight excluding hydrogens is 1080 g/mol. The Hall–Kier alpha value is -1.26. The number of unbranched alkanes of at least 4 members (excludes halogenated alkanes) is 36. The van der Waals surface area contributed by atoms with Crippen LogP contribution in [0.15, 0.2) is 0 Å². The van der Waals surface area contributed by atoms with Gasteiger partial charge in [0.2, 0.25) is 11.8 Å². The van der Waals surface area contributed by atoms with E-state index < -0.39 is 36.5 Å². The SMILES string of the molecule is CCCCCCCCCCCCC(O)CN(CCCC(=O)SCC1NC(=O)C(CSC(=O)CCN(CC(O)CCCCCCCCCCCC)CC(O)CCCCCCCCCCCC)NC1=O)CC(O)CCCCCCCCCCCC. The van der Waals surface area contributed by atoms with Gasteiger partial charge in [0.15, 0.2) is 10.2 Å². The van der Waals surface area contributed by atoms with Gasteiger partial charge in [-0.1, -0.05) is 308 Å². The molecule has 1 saturated heterocycles. The second-order valence-electron chi connectivity index (χ2n) is 25.4. The van der Waals surface area contributed by atoms with Crippen LogP contribution in [-0.4, -0.2) is 140 Å². The number of piperazine rings is 1. The molecule has 0 radical (unpaired) electrons. The molecule has 12 nitrogen and oxygen atoms in total. The molecule has 6 atom stereocenters. The average Bonchev–Trinajstić information content (AvgIpc) is 3.46. The average molecular weight is 1210 g/mol. The maximum atomic E-state index is 13.3. The normalized spacial score (nSPS) is 16.2. The number of nitrogens with one attached hydrogen (secondary N) is 2. The number of carbonyl (C=O) groups excluding carboxylic acids is 4. The fraction of sp³-hybridized carbons (Fsp3) is 0.942. The molecule has 0 bridgehead atoms. The van der Waals surface area contributed by atoms with Crippen LogP contribution in [0.25, 0.3) is 0 Å². The van der Waals surface area contributed by atoms with E-state index in [-0.39, 0.29) is 46.4 Å². The van der Waals surface area contributed by atoms with Gasteiger partial charge in [0, 0.05) is 57.1 Å². The molecule has 1 aliphatic rings. The van der Waals surface area contributed by atoms with Gasteiger partial charge in [-0.15, -0.1) is 0 Å². The molecule has 0 aliphatic carbocycles. The topological polar surface area (TPSA) is 180 Å². The zero-order valence-corrected chi connectivity index (χ0v) is 56.1. The van der Waals surface area contributed by atoms with E-state index in [9.17, 15) is 39.6 Å². The van der Waals surface area contributed by atoms with Gasteiger partial charge >= 0.3 is 0 Å². The summed E-state index contributed by atoms with van der Waals surface area (Å²) >= 11 is 2.06. The molecule has 6 N–H and O–H groups in total. The largest absolute Gasteiger partial charge is 0.392 e. The highest BCUT2D eigenvalue weighted by Gasteiger charge is 2.34. The van der Waals surface area contributed by atoms with Crippen LogP contribution in [0.4, 0.5) is 0 Å². The van der Waals surface area contributed by atoms with Crippen LogP contribution in [0.3, 0.4) is 0 Å². The molecule has 1 fully saturated rings. The third-order valence-corrected chi connectivity index (χ3v) is 19.1. The van der Waals surface area contributed by atoms with Crippen molar-refractivity contribution in [3.8, 4) is 0 Å². The van der Waals surface area contributed by atoms with Gasteiger partial charge in [0.25, 0.3) is 0 Å². The lowest BCUT2D eigenvalue weighted by Crippen LogP contribution is -2.63. The minimum Gasteiger partial charge on any atom is -0.392 e. The number of aliphatic hydroxyl groups is 4. The zero-order chi connectivity index (χ0) is 60.6. The highest BCUT2D eigenvalue weighted by atomic mass is 32.2. The van der Waals surface area contributed by atoms with Crippen LogP contribution in [0.1, 0.15) is 329 Å². The predicted octanol–water partition coefficient (Wildman–Crippen LogP) is 16.0. The highest BCUT2D eigenvalue weighted by molar-refractivity contribution is 8.13. The fourth-order valence-electron chi connectivity index (χ4n) is 11.6. The van der Waals surface area contributed by atoms with E-state index in [0.29, 0.717) is 58.5 Å². The molecule has 2 amide bonds. The van der Waals surface area contributed by atoms with Crippen molar-refractivity contribution in [2.75, 3.05) is 50.8 Å². The summed E-state index contributed by atoms with van der Waals surface area (Å²) in [6.45, 7) is 11.7. The third kappa shape index (κ3) is 50.3. The Morgan fingerprint density at radius 2 is 0.578 bits per heavy atom. The monoisotopic (exact) mass is 1210 g/mol. The van der Waals surface area contributed by atoms with Crippen molar-refractivity contribution in [2.45, 2.75) is 366 Å². The lowest BCUT2D eigenvalue weighted by Gasteiger charge is -2.29. The standard InChI is InChI=1S/C69H134N4O8S2/c1-5-9-13-17-21-25-29-33-37-41-46-60(74)54-72(55-61(75)47-42-38-34-30-26-22-18-14-10-6-2)52-45-50-66(78)82-58-64-68(80)71-65(69(81)70-64)59-83-67(79)51-53-73(56-62(76)48-43-39-35-31-27-23-19-15-11-7-3)57-63(77)49-44-40-36-32-28-24-20-16-12-8-4/h60-65,74-77H,5-59H2,1-4H3,(H,70,81)(H,71,80). The van der Waals surface area contributed by atoms with Crippen molar-refractivity contribution in [3.05, 3.63) is 0 Å².